The van der Waals surface area contributed by atoms with Crippen LogP contribution in [0.1, 0.15) is 12.5 Å². The highest BCUT2D eigenvalue weighted by atomic mass is 16.5. The van der Waals surface area contributed by atoms with Crippen molar-refractivity contribution in [2.45, 2.75) is 19.5 Å². The number of benzene rings is 3. The molecule has 0 unspecified atom stereocenters. The van der Waals surface area contributed by atoms with Crippen LogP contribution < -0.4 is 14.8 Å². The minimum Gasteiger partial charge on any atom is -0.493 e. The Balaban J connectivity index is 1.74. The number of anilines is 1. The van der Waals surface area contributed by atoms with Crippen molar-refractivity contribution in [1.82, 2.24) is 4.90 Å². The zero-order chi connectivity index (χ0) is 21.5. The minimum atomic E-state index is -0.343. The second-order valence-corrected chi connectivity index (χ2v) is 7.14. The topological polar surface area (TPSA) is 50.8 Å². The summed E-state index contributed by atoms with van der Waals surface area (Å²) in [6, 6.07) is 23.3. The van der Waals surface area contributed by atoms with E-state index in [0.29, 0.717) is 18.0 Å². The molecule has 1 atom stereocenters. The molecule has 3 rings (SSSR count). The highest BCUT2D eigenvalue weighted by molar-refractivity contribution is 5.98. The number of likely N-dealkylation sites (N-methyl/N-ethyl adjacent to an activating group) is 1. The number of ether oxygens (including phenoxy) is 2. The van der Waals surface area contributed by atoms with Gasteiger partial charge < -0.3 is 14.8 Å². The van der Waals surface area contributed by atoms with E-state index in [4.69, 9.17) is 9.47 Å². The zero-order valence-electron chi connectivity index (χ0n) is 17.9. The first-order valence-electron chi connectivity index (χ1n) is 9.90. The third-order valence-electron chi connectivity index (χ3n) is 5.21. The van der Waals surface area contributed by atoms with Gasteiger partial charge in [-0.05, 0) is 31.7 Å². The summed E-state index contributed by atoms with van der Waals surface area (Å²) in [6.07, 6.45) is 0. The summed E-state index contributed by atoms with van der Waals surface area (Å²) in [5, 5.41) is 3.09. The molecule has 0 saturated carbocycles. The van der Waals surface area contributed by atoms with Crippen LogP contribution in [0.25, 0.3) is 11.1 Å². The molecule has 5 nitrogen and oxygen atoms in total. The molecule has 0 aromatic heterocycles. The highest BCUT2D eigenvalue weighted by Gasteiger charge is 2.21. The number of nitrogens with zero attached hydrogens (tertiary/aromatic N) is 1. The Kier molecular flexibility index (Phi) is 7.09. The van der Waals surface area contributed by atoms with E-state index in [1.807, 2.05) is 91.7 Å². The number of carbonyl (C=O) groups is 1. The third-order valence-corrected chi connectivity index (χ3v) is 5.21. The lowest BCUT2D eigenvalue weighted by Crippen LogP contribution is -2.39. The van der Waals surface area contributed by atoms with E-state index in [2.05, 4.69) is 5.32 Å². The van der Waals surface area contributed by atoms with Crippen LogP contribution in [0.5, 0.6) is 11.5 Å². The lowest BCUT2D eigenvalue weighted by atomic mass is 10.0. The van der Waals surface area contributed by atoms with Crippen LogP contribution in [0.15, 0.2) is 72.8 Å². The SMILES string of the molecule is COc1cccc(CN(C)[C@@H](C)C(=O)Nc2ccccc2-c2ccccc2)c1OC. The van der Waals surface area contributed by atoms with E-state index >= 15 is 0 Å². The maximum atomic E-state index is 13.0. The number of carbonyl (C=O) groups excluding carboxylic acids is 1. The summed E-state index contributed by atoms with van der Waals surface area (Å²) in [5.41, 5.74) is 3.82. The number of hydrogen-bond acceptors (Lipinski definition) is 4. The molecule has 0 aliphatic heterocycles. The molecular weight excluding hydrogens is 376 g/mol. The van der Waals surface area contributed by atoms with Crippen molar-refractivity contribution < 1.29 is 14.3 Å². The van der Waals surface area contributed by atoms with Gasteiger partial charge in [0.15, 0.2) is 11.5 Å². The second kappa shape index (κ2) is 9.94. The van der Waals surface area contributed by atoms with Gasteiger partial charge in [-0.3, -0.25) is 9.69 Å². The van der Waals surface area contributed by atoms with Gasteiger partial charge in [-0.25, -0.2) is 0 Å². The number of hydrogen-bond donors (Lipinski definition) is 1. The normalized spacial score (nSPS) is 11.8. The van der Waals surface area contributed by atoms with Gasteiger partial charge in [-0.1, -0.05) is 60.7 Å². The smallest absolute Gasteiger partial charge is 0.241 e. The molecule has 5 heteroatoms. The molecule has 30 heavy (non-hydrogen) atoms. The first kappa shape index (κ1) is 21.4. The highest BCUT2D eigenvalue weighted by Crippen LogP contribution is 2.32. The quantitative estimate of drug-likeness (QED) is 0.584. The molecule has 0 radical (unpaired) electrons. The summed E-state index contributed by atoms with van der Waals surface area (Å²) in [6.45, 7) is 2.45. The standard InChI is InChI=1S/C25H28N2O3/c1-18(27(2)17-20-13-10-16-23(29-3)24(20)30-4)25(28)26-22-15-9-8-14-21(22)19-11-6-5-7-12-19/h5-16,18H,17H2,1-4H3,(H,26,28)/t18-/m0/s1. The number of amides is 1. The zero-order valence-corrected chi connectivity index (χ0v) is 17.9. The van der Waals surface area contributed by atoms with Crippen LogP contribution in [0.4, 0.5) is 5.69 Å². The van der Waals surface area contributed by atoms with Crippen LogP contribution in [-0.2, 0) is 11.3 Å². The van der Waals surface area contributed by atoms with Crippen molar-refractivity contribution in [2.24, 2.45) is 0 Å². The first-order chi connectivity index (χ1) is 14.5. The van der Waals surface area contributed by atoms with Crippen molar-refractivity contribution in [2.75, 3.05) is 26.6 Å². The monoisotopic (exact) mass is 404 g/mol. The van der Waals surface area contributed by atoms with Crippen LogP contribution >= 0.6 is 0 Å². The second-order valence-electron chi connectivity index (χ2n) is 7.14. The predicted molar refractivity (Wildman–Crippen MR) is 121 cm³/mol. The van der Waals surface area contributed by atoms with E-state index < -0.39 is 0 Å². The van der Waals surface area contributed by atoms with Gasteiger partial charge in [-0.2, -0.15) is 0 Å². The average Bonchev–Trinajstić information content (AvgIpc) is 2.79. The molecular formula is C25H28N2O3. The Morgan fingerprint density at radius 2 is 1.63 bits per heavy atom. The Hall–Kier alpha value is -3.31. The van der Waals surface area contributed by atoms with Crippen molar-refractivity contribution in [1.29, 1.82) is 0 Å². The Morgan fingerprint density at radius 3 is 2.33 bits per heavy atom. The fourth-order valence-electron chi connectivity index (χ4n) is 3.38. The number of para-hydroxylation sites is 2. The van der Waals surface area contributed by atoms with Gasteiger partial charge in [0.2, 0.25) is 5.91 Å². The summed E-state index contributed by atoms with van der Waals surface area (Å²) in [5.74, 6) is 1.30. The van der Waals surface area contributed by atoms with Gasteiger partial charge in [0, 0.05) is 23.4 Å². The Bertz CT molecular complexity index is 989. The molecule has 3 aromatic carbocycles. The molecule has 0 aliphatic carbocycles. The Morgan fingerprint density at radius 1 is 0.933 bits per heavy atom. The number of nitrogens with one attached hydrogen (secondary N) is 1. The van der Waals surface area contributed by atoms with E-state index in [-0.39, 0.29) is 11.9 Å². The van der Waals surface area contributed by atoms with Crippen molar-refractivity contribution >= 4 is 11.6 Å². The van der Waals surface area contributed by atoms with E-state index in [1.54, 1.807) is 14.2 Å². The summed E-state index contributed by atoms with van der Waals surface area (Å²) in [4.78, 5) is 15.0. The van der Waals surface area contributed by atoms with Gasteiger partial charge in [0.05, 0.1) is 20.3 Å². The lowest BCUT2D eigenvalue weighted by Gasteiger charge is -2.25. The fourth-order valence-corrected chi connectivity index (χ4v) is 3.38. The van der Waals surface area contributed by atoms with Crippen molar-refractivity contribution in [3.05, 3.63) is 78.4 Å². The van der Waals surface area contributed by atoms with E-state index in [9.17, 15) is 4.79 Å². The molecule has 0 spiro atoms. The molecule has 1 amide bonds. The van der Waals surface area contributed by atoms with Crippen LogP contribution in [0.2, 0.25) is 0 Å². The van der Waals surface area contributed by atoms with E-state index in [0.717, 1.165) is 22.4 Å². The predicted octanol–water partition coefficient (Wildman–Crippen LogP) is 4.83. The van der Waals surface area contributed by atoms with Crippen LogP contribution in [0.3, 0.4) is 0 Å². The molecule has 1 N–H and O–H groups in total. The summed E-state index contributed by atoms with van der Waals surface area (Å²) >= 11 is 0. The van der Waals surface area contributed by atoms with E-state index in [1.165, 1.54) is 0 Å². The van der Waals surface area contributed by atoms with Gasteiger partial charge >= 0.3 is 0 Å². The Labute approximate surface area is 178 Å². The largest absolute Gasteiger partial charge is 0.493 e. The summed E-state index contributed by atoms with van der Waals surface area (Å²) in [7, 11) is 5.16. The lowest BCUT2D eigenvalue weighted by molar-refractivity contribution is -0.120. The van der Waals surface area contributed by atoms with Gasteiger partial charge in [0.25, 0.3) is 0 Å². The molecule has 0 bridgehead atoms. The summed E-state index contributed by atoms with van der Waals surface area (Å²) < 4.78 is 10.9. The van der Waals surface area contributed by atoms with Crippen LogP contribution in [-0.4, -0.2) is 38.1 Å². The fraction of sp³-hybridized carbons (Fsp3) is 0.240. The molecule has 0 saturated heterocycles. The maximum absolute atomic E-state index is 13.0. The number of methoxy groups -OCH3 is 2. The first-order valence-corrected chi connectivity index (χ1v) is 9.90. The maximum Gasteiger partial charge on any atom is 0.241 e. The van der Waals surface area contributed by atoms with Crippen molar-refractivity contribution in [3.63, 3.8) is 0 Å². The minimum absolute atomic E-state index is 0.0669. The van der Waals surface area contributed by atoms with Crippen molar-refractivity contribution in [3.8, 4) is 22.6 Å². The third kappa shape index (κ3) is 4.81. The molecule has 0 aliphatic rings. The molecule has 0 fully saturated rings. The van der Waals surface area contributed by atoms with Crippen LogP contribution in [0, 0.1) is 0 Å². The van der Waals surface area contributed by atoms with Gasteiger partial charge in [0.1, 0.15) is 0 Å². The number of rotatable bonds is 8. The average molecular weight is 405 g/mol. The molecule has 156 valence electrons. The molecule has 0 heterocycles. The molecule has 3 aromatic rings. The van der Waals surface area contributed by atoms with Gasteiger partial charge in [-0.15, -0.1) is 0 Å².